The summed E-state index contributed by atoms with van der Waals surface area (Å²) in [7, 11) is 0. The van der Waals surface area contributed by atoms with Crippen molar-refractivity contribution in [1.82, 2.24) is 0 Å². The van der Waals surface area contributed by atoms with Crippen LogP contribution >= 0.6 is 11.3 Å². The van der Waals surface area contributed by atoms with E-state index in [2.05, 4.69) is 27.7 Å². The van der Waals surface area contributed by atoms with Gasteiger partial charge in [0.1, 0.15) is 4.88 Å². The van der Waals surface area contributed by atoms with Crippen molar-refractivity contribution in [2.24, 2.45) is 11.8 Å². The highest BCUT2D eigenvalue weighted by atomic mass is 32.1. The summed E-state index contributed by atoms with van der Waals surface area (Å²) < 4.78 is 11.0. The first-order valence-electron chi connectivity index (χ1n) is 10.5. The monoisotopic (exact) mass is 396 g/mol. The van der Waals surface area contributed by atoms with Gasteiger partial charge in [0.05, 0.1) is 18.8 Å². The van der Waals surface area contributed by atoms with Crippen LogP contribution in [-0.2, 0) is 9.47 Å². The fraction of sp³-hybridized carbons (Fsp3) is 0.727. The zero-order valence-electron chi connectivity index (χ0n) is 17.4. The molecule has 2 atom stereocenters. The molecule has 4 nitrogen and oxygen atoms in total. The van der Waals surface area contributed by atoms with Gasteiger partial charge in [-0.2, -0.15) is 0 Å². The number of unbranched alkanes of at least 4 members (excludes halogenated alkanes) is 2. The minimum Gasteiger partial charge on any atom is -0.462 e. The molecular weight excluding hydrogens is 360 g/mol. The maximum atomic E-state index is 12.4. The van der Waals surface area contributed by atoms with Crippen LogP contribution in [0.5, 0.6) is 0 Å². The molecule has 5 heteroatoms. The van der Waals surface area contributed by atoms with E-state index in [4.69, 9.17) is 9.47 Å². The highest BCUT2D eigenvalue weighted by Gasteiger charge is 2.22. The van der Waals surface area contributed by atoms with E-state index in [-0.39, 0.29) is 0 Å². The first kappa shape index (κ1) is 23.7. The Balaban J connectivity index is 2.58. The van der Waals surface area contributed by atoms with Crippen molar-refractivity contribution in [1.29, 1.82) is 0 Å². The molecule has 0 aliphatic carbocycles. The van der Waals surface area contributed by atoms with Crippen molar-refractivity contribution in [2.45, 2.75) is 79.1 Å². The van der Waals surface area contributed by atoms with Crippen LogP contribution in [-0.4, -0.2) is 25.2 Å². The van der Waals surface area contributed by atoms with Crippen LogP contribution in [0.1, 0.15) is 99.1 Å². The molecule has 2 unspecified atom stereocenters. The van der Waals surface area contributed by atoms with Gasteiger partial charge in [-0.05, 0) is 36.1 Å². The summed E-state index contributed by atoms with van der Waals surface area (Å²) in [5.74, 6) is -0.0685. The van der Waals surface area contributed by atoms with E-state index < -0.39 is 11.9 Å². The minimum atomic E-state index is -0.420. The maximum Gasteiger partial charge on any atom is 0.349 e. The first-order chi connectivity index (χ1) is 13.1. The summed E-state index contributed by atoms with van der Waals surface area (Å²) in [6, 6.07) is 1.66. The first-order valence-corrected chi connectivity index (χ1v) is 11.4. The van der Waals surface area contributed by atoms with Crippen LogP contribution < -0.4 is 0 Å². The number of thiophene rings is 1. The second-order valence-electron chi connectivity index (χ2n) is 7.19. The van der Waals surface area contributed by atoms with E-state index in [9.17, 15) is 9.59 Å². The zero-order valence-corrected chi connectivity index (χ0v) is 18.2. The lowest BCUT2D eigenvalue weighted by molar-refractivity contribution is 0.0386. The lowest BCUT2D eigenvalue weighted by atomic mass is 10.0. The van der Waals surface area contributed by atoms with Gasteiger partial charge in [-0.15, -0.1) is 11.3 Å². The molecule has 1 aromatic rings. The third-order valence-corrected chi connectivity index (χ3v) is 5.95. The summed E-state index contributed by atoms with van der Waals surface area (Å²) in [6.45, 7) is 9.38. The molecule has 27 heavy (non-hydrogen) atoms. The van der Waals surface area contributed by atoms with Crippen LogP contribution in [0.25, 0.3) is 0 Å². The Bertz CT molecular complexity index is 506. The third kappa shape index (κ3) is 8.46. The number of hydrogen-bond donors (Lipinski definition) is 0. The molecule has 1 aromatic heterocycles. The molecule has 0 bridgehead atoms. The average Bonchev–Trinajstić information content (AvgIpc) is 3.18. The second-order valence-corrected chi connectivity index (χ2v) is 8.11. The fourth-order valence-corrected chi connectivity index (χ4v) is 3.73. The molecule has 0 radical (unpaired) electrons. The zero-order chi connectivity index (χ0) is 20.1. The second kappa shape index (κ2) is 13.8. The normalized spacial score (nSPS) is 13.2. The van der Waals surface area contributed by atoms with Gasteiger partial charge in [-0.3, -0.25) is 0 Å². The van der Waals surface area contributed by atoms with E-state index in [0.717, 1.165) is 51.4 Å². The van der Waals surface area contributed by atoms with Crippen LogP contribution in [0.2, 0.25) is 0 Å². The summed E-state index contributed by atoms with van der Waals surface area (Å²) in [6.07, 6.45) is 8.67. The number of hydrogen-bond acceptors (Lipinski definition) is 5. The molecule has 0 amide bonds. The van der Waals surface area contributed by atoms with Crippen molar-refractivity contribution >= 4 is 23.3 Å². The van der Waals surface area contributed by atoms with Gasteiger partial charge in [-0.25, -0.2) is 9.59 Å². The lowest BCUT2D eigenvalue weighted by Crippen LogP contribution is -2.17. The molecule has 0 spiro atoms. The summed E-state index contributed by atoms with van der Waals surface area (Å²) in [5.41, 5.74) is 0.331. The van der Waals surface area contributed by atoms with Crippen molar-refractivity contribution in [3.05, 3.63) is 21.9 Å². The minimum absolute atomic E-state index is 0.331. The predicted octanol–water partition coefficient (Wildman–Crippen LogP) is 6.49. The van der Waals surface area contributed by atoms with E-state index in [0.29, 0.717) is 35.5 Å². The number of carbonyl (C=O) groups excluding carboxylic acids is 2. The summed E-state index contributed by atoms with van der Waals surface area (Å²) in [4.78, 5) is 25.2. The molecule has 1 heterocycles. The quantitative estimate of drug-likeness (QED) is 0.337. The van der Waals surface area contributed by atoms with Gasteiger partial charge in [0.25, 0.3) is 0 Å². The Morgan fingerprint density at radius 3 is 1.89 bits per heavy atom. The highest BCUT2D eigenvalue weighted by molar-refractivity contribution is 7.12. The van der Waals surface area contributed by atoms with Crippen LogP contribution in [0, 0.1) is 11.8 Å². The molecule has 0 aromatic carbocycles. The Kier molecular flexibility index (Phi) is 12.1. The highest BCUT2D eigenvalue weighted by Crippen LogP contribution is 2.22. The molecule has 0 saturated heterocycles. The number of esters is 2. The predicted molar refractivity (Wildman–Crippen MR) is 111 cm³/mol. The van der Waals surface area contributed by atoms with Crippen molar-refractivity contribution < 1.29 is 19.1 Å². The van der Waals surface area contributed by atoms with Crippen molar-refractivity contribution in [3.63, 3.8) is 0 Å². The number of carbonyl (C=O) groups is 2. The van der Waals surface area contributed by atoms with Crippen molar-refractivity contribution in [2.75, 3.05) is 13.2 Å². The number of ether oxygens (including phenoxy) is 2. The van der Waals surface area contributed by atoms with Crippen molar-refractivity contribution in [3.8, 4) is 0 Å². The van der Waals surface area contributed by atoms with E-state index in [1.165, 1.54) is 11.3 Å². The fourth-order valence-electron chi connectivity index (χ4n) is 2.95. The van der Waals surface area contributed by atoms with Gasteiger partial charge in [0.2, 0.25) is 0 Å². The van der Waals surface area contributed by atoms with E-state index in [1.54, 1.807) is 11.4 Å². The number of rotatable bonds is 14. The topological polar surface area (TPSA) is 52.6 Å². The Morgan fingerprint density at radius 2 is 1.41 bits per heavy atom. The molecule has 154 valence electrons. The summed E-state index contributed by atoms with van der Waals surface area (Å²) in [5, 5.41) is 1.75. The average molecular weight is 397 g/mol. The molecule has 0 aliphatic rings. The van der Waals surface area contributed by atoms with Gasteiger partial charge in [0.15, 0.2) is 0 Å². The largest absolute Gasteiger partial charge is 0.462 e. The molecule has 0 aliphatic heterocycles. The summed E-state index contributed by atoms with van der Waals surface area (Å²) >= 11 is 1.24. The van der Waals surface area contributed by atoms with Gasteiger partial charge < -0.3 is 9.47 Å². The third-order valence-electron chi connectivity index (χ3n) is 5.06. The van der Waals surface area contributed by atoms with Gasteiger partial charge in [-0.1, -0.05) is 66.2 Å². The molecular formula is C22H36O4S. The molecule has 1 rings (SSSR count). The Hall–Kier alpha value is -1.36. The molecule has 0 saturated carbocycles. The maximum absolute atomic E-state index is 12.4. The van der Waals surface area contributed by atoms with Gasteiger partial charge in [0, 0.05) is 0 Å². The Labute approximate surface area is 168 Å². The van der Waals surface area contributed by atoms with E-state index >= 15 is 0 Å². The van der Waals surface area contributed by atoms with Crippen LogP contribution in [0.4, 0.5) is 0 Å². The molecule has 0 fully saturated rings. The lowest BCUT2D eigenvalue weighted by Gasteiger charge is -2.15. The SMILES string of the molecule is CCCCC(CC)COC(=O)c1ccsc1C(=O)OCC(CC)CCCC. The standard InChI is InChI=1S/C22H36O4S/c1-5-9-11-17(7-3)15-25-21(23)19-13-14-27-20(19)22(24)26-16-18(8-4)12-10-6-2/h13-14,17-18H,5-12,15-16H2,1-4H3. The van der Waals surface area contributed by atoms with E-state index in [1.807, 2.05) is 0 Å². The van der Waals surface area contributed by atoms with Crippen LogP contribution in [0.15, 0.2) is 11.4 Å². The molecule has 0 N–H and O–H groups in total. The smallest absolute Gasteiger partial charge is 0.349 e. The van der Waals surface area contributed by atoms with Gasteiger partial charge >= 0.3 is 11.9 Å². The Morgan fingerprint density at radius 1 is 0.889 bits per heavy atom. The van der Waals surface area contributed by atoms with Crippen LogP contribution in [0.3, 0.4) is 0 Å².